The number of halogens is 1. The highest BCUT2D eigenvalue weighted by Crippen LogP contribution is 2.26. The van der Waals surface area contributed by atoms with E-state index in [4.69, 9.17) is 25.9 Å². The summed E-state index contributed by atoms with van der Waals surface area (Å²) in [5, 5.41) is 12.0. The quantitative estimate of drug-likeness (QED) is 0.279. The molecule has 1 aromatic carbocycles. The van der Waals surface area contributed by atoms with Gasteiger partial charge in [-0.05, 0) is 49.8 Å². The molecule has 3 rings (SSSR count). The smallest absolute Gasteiger partial charge is 0.371 e. The standard InChI is InChI=1S/C25H25ClN4O6/c1-4-6-17(7-5-14-26)15-29-23(28-24(33)30(16(2)3)25(29)34)27-18-8-10-19(11-9-18)35-21-13-12-20(36-21)22(31)32/h4-13,16H,1,14-15H2,2-3H3,(H,31,32)(H,27,28,33)/b7-5-,17-6+. The van der Waals surface area contributed by atoms with Crippen LogP contribution in [0, 0.1) is 0 Å². The highest BCUT2D eigenvalue weighted by Gasteiger charge is 2.16. The molecular weight excluding hydrogens is 488 g/mol. The summed E-state index contributed by atoms with van der Waals surface area (Å²) < 4.78 is 13.0. The zero-order chi connectivity index (χ0) is 26.2. The van der Waals surface area contributed by atoms with Crippen LogP contribution in [0.3, 0.4) is 0 Å². The molecule has 0 unspecified atom stereocenters. The summed E-state index contributed by atoms with van der Waals surface area (Å²) in [7, 11) is 0. The second-order valence-corrected chi connectivity index (χ2v) is 8.07. The van der Waals surface area contributed by atoms with E-state index in [9.17, 15) is 14.4 Å². The molecule has 2 aromatic heterocycles. The summed E-state index contributed by atoms with van der Waals surface area (Å²) in [6.45, 7) is 7.28. The van der Waals surface area contributed by atoms with Gasteiger partial charge >= 0.3 is 17.3 Å². The van der Waals surface area contributed by atoms with Crippen LogP contribution in [0.2, 0.25) is 0 Å². The number of rotatable bonds is 11. The lowest BCUT2D eigenvalue weighted by molar-refractivity contribution is 0.0657. The zero-order valence-corrected chi connectivity index (χ0v) is 20.4. The number of ether oxygens (including phenoxy) is 1. The lowest BCUT2D eigenvalue weighted by Gasteiger charge is -2.17. The van der Waals surface area contributed by atoms with Gasteiger partial charge in [0.05, 0.1) is 6.54 Å². The number of aromatic carboxylic acids is 1. The van der Waals surface area contributed by atoms with Gasteiger partial charge < -0.3 is 19.6 Å². The van der Waals surface area contributed by atoms with Crippen LogP contribution in [0.5, 0.6) is 11.7 Å². The maximum absolute atomic E-state index is 13.2. The molecule has 0 bridgehead atoms. The molecule has 0 saturated heterocycles. The van der Waals surface area contributed by atoms with Gasteiger partial charge in [-0.25, -0.2) is 19.0 Å². The fraction of sp³-hybridized carbons (Fsp3) is 0.200. The molecule has 0 spiro atoms. The van der Waals surface area contributed by atoms with Gasteiger partial charge in [0.25, 0.3) is 5.95 Å². The predicted molar refractivity (Wildman–Crippen MR) is 137 cm³/mol. The molecule has 0 aliphatic heterocycles. The van der Waals surface area contributed by atoms with Crippen LogP contribution in [0.4, 0.5) is 11.6 Å². The molecule has 11 heteroatoms. The van der Waals surface area contributed by atoms with Crippen LogP contribution in [0.25, 0.3) is 0 Å². The number of benzene rings is 1. The second kappa shape index (κ2) is 11.9. The van der Waals surface area contributed by atoms with Crippen LogP contribution >= 0.6 is 11.6 Å². The Bertz CT molecular complexity index is 1410. The van der Waals surface area contributed by atoms with Crippen molar-refractivity contribution in [3.05, 3.63) is 99.6 Å². The van der Waals surface area contributed by atoms with E-state index >= 15 is 0 Å². The van der Waals surface area contributed by atoms with Crippen molar-refractivity contribution in [1.29, 1.82) is 0 Å². The first-order valence-corrected chi connectivity index (χ1v) is 11.4. The number of aromatic nitrogens is 3. The summed E-state index contributed by atoms with van der Waals surface area (Å²) in [5.41, 5.74) is 0.0652. The molecule has 0 aliphatic rings. The Balaban J connectivity index is 1.92. The SMILES string of the molecule is C=C/C=C(\C=C/CCl)Cn1c(Nc2ccc(Oc3ccc(C(=O)O)o3)cc2)nc(=O)n(C(C)C)c1=O. The number of furan rings is 1. The van der Waals surface area contributed by atoms with E-state index in [1.54, 1.807) is 62.4 Å². The Morgan fingerprint density at radius 1 is 1.25 bits per heavy atom. The van der Waals surface area contributed by atoms with Crippen LogP contribution < -0.4 is 21.4 Å². The molecule has 36 heavy (non-hydrogen) atoms. The number of carboxylic acid groups (broad SMARTS) is 1. The highest BCUT2D eigenvalue weighted by molar-refractivity contribution is 6.18. The van der Waals surface area contributed by atoms with Crippen molar-refractivity contribution in [2.45, 2.75) is 26.4 Å². The average Bonchev–Trinajstić information content (AvgIpc) is 3.29. The van der Waals surface area contributed by atoms with Gasteiger partial charge in [0.15, 0.2) is 0 Å². The van der Waals surface area contributed by atoms with Crippen molar-refractivity contribution in [1.82, 2.24) is 14.1 Å². The van der Waals surface area contributed by atoms with Gasteiger partial charge in [0.2, 0.25) is 11.7 Å². The third-order valence-electron chi connectivity index (χ3n) is 4.83. The normalized spacial score (nSPS) is 11.7. The van der Waals surface area contributed by atoms with Crippen LogP contribution in [0.15, 0.2) is 86.9 Å². The van der Waals surface area contributed by atoms with E-state index in [0.29, 0.717) is 17.3 Å². The molecule has 3 aromatic rings. The molecule has 2 N–H and O–H groups in total. The largest absolute Gasteiger partial charge is 0.475 e. The topological polar surface area (TPSA) is 129 Å². The first-order valence-electron chi connectivity index (χ1n) is 10.9. The Hall–Kier alpha value is -4.31. The van der Waals surface area contributed by atoms with Crippen molar-refractivity contribution >= 4 is 29.2 Å². The van der Waals surface area contributed by atoms with Gasteiger partial charge in [-0.15, -0.1) is 11.6 Å². The number of nitrogens with one attached hydrogen (secondary N) is 1. The molecule has 188 valence electrons. The fourth-order valence-corrected chi connectivity index (χ4v) is 3.31. The second-order valence-electron chi connectivity index (χ2n) is 7.76. The molecule has 0 atom stereocenters. The monoisotopic (exact) mass is 512 g/mol. The van der Waals surface area contributed by atoms with Crippen molar-refractivity contribution < 1.29 is 19.1 Å². The molecular formula is C25H25ClN4O6. The molecule has 2 heterocycles. The van der Waals surface area contributed by atoms with E-state index < -0.39 is 17.3 Å². The highest BCUT2D eigenvalue weighted by atomic mass is 35.5. The maximum Gasteiger partial charge on any atom is 0.371 e. The van der Waals surface area contributed by atoms with Crippen LogP contribution in [0.1, 0.15) is 30.4 Å². The van der Waals surface area contributed by atoms with E-state index in [0.717, 1.165) is 10.1 Å². The van der Waals surface area contributed by atoms with E-state index in [-0.39, 0.29) is 30.2 Å². The number of hydrogen-bond acceptors (Lipinski definition) is 7. The number of hydrogen-bond donors (Lipinski definition) is 2. The molecule has 10 nitrogen and oxygen atoms in total. The zero-order valence-electron chi connectivity index (χ0n) is 19.7. The molecule has 0 fully saturated rings. The lowest BCUT2D eigenvalue weighted by atomic mass is 10.2. The third kappa shape index (κ3) is 6.42. The Morgan fingerprint density at radius 2 is 1.97 bits per heavy atom. The van der Waals surface area contributed by atoms with Gasteiger partial charge in [-0.2, -0.15) is 4.98 Å². The van der Waals surface area contributed by atoms with Gasteiger partial charge in [0.1, 0.15) is 5.75 Å². The van der Waals surface area contributed by atoms with Gasteiger partial charge in [0, 0.05) is 23.7 Å². The first kappa shape index (κ1) is 26.3. The minimum atomic E-state index is -1.20. The lowest BCUT2D eigenvalue weighted by Crippen LogP contribution is -2.43. The minimum absolute atomic E-state index is 0.0208. The van der Waals surface area contributed by atoms with Crippen LogP contribution in [-0.4, -0.2) is 31.1 Å². The minimum Gasteiger partial charge on any atom is -0.475 e. The van der Waals surface area contributed by atoms with Crippen molar-refractivity contribution in [3.63, 3.8) is 0 Å². The summed E-state index contributed by atoms with van der Waals surface area (Å²) in [6.07, 6.45) is 6.83. The maximum atomic E-state index is 13.2. The molecule has 0 radical (unpaired) electrons. The Morgan fingerprint density at radius 3 is 2.56 bits per heavy atom. The average molecular weight is 513 g/mol. The summed E-state index contributed by atoms with van der Waals surface area (Å²) >= 11 is 5.76. The molecule has 0 saturated carbocycles. The first-order chi connectivity index (χ1) is 17.2. The van der Waals surface area contributed by atoms with Gasteiger partial charge in [-0.3, -0.25) is 4.57 Å². The number of alkyl halides is 1. The van der Waals surface area contributed by atoms with E-state index in [1.807, 2.05) is 0 Å². The summed E-state index contributed by atoms with van der Waals surface area (Å²) in [5.74, 6) is -0.688. The number of nitrogens with zero attached hydrogens (tertiary/aromatic N) is 3. The van der Waals surface area contributed by atoms with Crippen molar-refractivity contribution in [2.24, 2.45) is 0 Å². The van der Waals surface area contributed by atoms with Gasteiger partial charge in [-0.1, -0.05) is 30.9 Å². The number of carboxylic acids is 1. The van der Waals surface area contributed by atoms with Crippen LogP contribution in [-0.2, 0) is 6.54 Å². The Labute approximate surface area is 211 Å². The summed E-state index contributed by atoms with van der Waals surface area (Å²) in [6, 6.07) is 8.81. The van der Waals surface area contributed by atoms with Crippen molar-refractivity contribution in [2.75, 3.05) is 11.2 Å². The van der Waals surface area contributed by atoms with Crippen molar-refractivity contribution in [3.8, 4) is 11.7 Å². The van der Waals surface area contributed by atoms with E-state index in [2.05, 4.69) is 16.9 Å². The fourth-order valence-electron chi connectivity index (χ4n) is 3.22. The third-order valence-corrected chi connectivity index (χ3v) is 5.01. The number of anilines is 2. The van der Waals surface area contributed by atoms with E-state index in [1.165, 1.54) is 16.7 Å². The molecule has 0 amide bonds. The molecule has 0 aliphatic carbocycles. The predicted octanol–water partition coefficient (Wildman–Crippen LogP) is 4.72. The number of carbonyl (C=O) groups is 1. The summed E-state index contributed by atoms with van der Waals surface area (Å²) in [4.78, 5) is 40.9. The number of allylic oxidation sites excluding steroid dienone is 5. The Kier molecular flexibility index (Phi) is 8.69.